The molecule has 0 aliphatic carbocycles. The lowest BCUT2D eigenvalue weighted by atomic mass is 9.99. The van der Waals surface area contributed by atoms with Gasteiger partial charge in [-0.3, -0.25) is 14.6 Å². The summed E-state index contributed by atoms with van der Waals surface area (Å²) in [6, 6.07) is 8.64. The third kappa shape index (κ3) is 6.11. The van der Waals surface area contributed by atoms with Crippen molar-refractivity contribution in [3.05, 3.63) is 78.1 Å². The van der Waals surface area contributed by atoms with E-state index in [2.05, 4.69) is 15.3 Å². The van der Waals surface area contributed by atoms with Crippen molar-refractivity contribution in [3.8, 4) is 5.75 Å². The summed E-state index contributed by atoms with van der Waals surface area (Å²) in [6.45, 7) is 3.26. The fourth-order valence-electron chi connectivity index (χ4n) is 4.30. The van der Waals surface area contributed by atoms with Gasteiger partial charge in [0.1, 0.15) is 17.6 Å². The Kier molecular flexibility index (Phi) is 8.76. The summed E-state index contributed by atoms with van der Waals surface area (Å²) in [6.07, 6.45) is 3.30. The molecule has 212 valence electrons. The van der Waals surface area contributed by atoms with Crippen molar-refractivity contribution in [3.63, 3.8) is 0 Å². The molecule has 0 spiro atoms. The molecule has 2 aromatic carbocycles. The summed E-state index contributed by atoms with van der Waals surface area (Å²) < 4.78 is 47.3. The van der Waals surface area contributed by atoms with Gasteiger partial charge in [0.05, 0.1) is 41.5 Å². The van der Waals surface area contributed by atoms with Gasteiger partial charge in [0.25, 0.3) is 11.8 Å². The van der Waals surface area contributed by atoms with Gasteiger partial charge in [-0.1, -0.05) is 13.0 Å². The Bertz CT molecular complexity index is 1470. The van der Waals surface area contributed by atoms with Crippen molar-refractivity contribution in [2.24, 2.45) is 5.92 Å². The molecular weight excluding hydrogens is 541 g/mol. The molecule has 3 aromatic rings. The number of para-hydroxylation sites is 1. The number of aromatic nitrogens is 2. The monoisotopic (exact) mass is 571 g/mol. The minimum atomic E-state index is -4.01. The van der Waals surface area contributed by atoms with Crippen molar-refractivity contribution in [2.75, 3.05) is 32.1 Å². The molecule has 4 rings (SSSR count). The zero-order chi connectivity index (χ0) is 29.0. The van der Waals surface area contributed by atoms with Crippen LogP contribution in [-0.2, 0) is 10.0 Å². The molecule has 2 amide bonds. The molecule has 1 aliphatic heterocycles. The standard InChI is InChI=1S/C27H30FN5O6S/c1-17-14-33(18(2)16-34)27(36)21-5-4-6-22(31-26(35)23-13-29-11-12-30-23)25(21)39-24(17)15-32(3)40(37,38)20-9-7-19(28)8-10-20/h4-13,17-18,24,34H,14-16H2,1-3H3,(H,31,35)/t17-,18+,24+/m1/s1. The van der Waals surface area contributed by atoms with Crippen LogP contribution in [0.2, 0.25) is 0 Å². The highest BCUT2D eigenvalue weighted by Gasteiger charge is 2.36. The molecule has 2 heterocycles. The first-order valence-electron chi connectivity index (χ1n) is 12.5. The smallest absolute Gasteiger partial charge is 0.275 e. The fraction of sp³-hybridized carbons (Fsp3) is 0.333. The van der Waals surface area contributed by atoms with Crippen LogP contribution in [0.5, 0.6) is 5.75 Å². The van der Waals surface area contributed by atoms with Crippen LogP contribution < -0.4 is 10.1 Å². The summed E-state index contributed by atoms with van der Waals surface area (Å²) >= 11 is 0. The minimum absolute atomic E-state index is 0.0443. The first-order valence-corrected chi connectivity index (χ1v) is 14.0. The summed E-state index contributed by atoms with van der Waals surface area (Å²) in [5, 5.41) is 12.6. The average Bonchev–Trinajstić information content (AvgIpc) is 2.95. The first kappa shape index (κ1) is 29.1. The predicted octanol–water partition coefficient (Wildman–Crippen LogP) is 2.41. The number of ether oxygens (including phenoxy) is 1. The molecule has 0 saturated carbocycles. The number of nitrogens with one attached hydrogen (secondary N) is 1. The Labute approximate surface area is 231 Å². The Morgan fingerprint density at radius 3 is 2.62 bits per heavy atom. The van der Waals surface area contributed by atoms with Gasteiger partial charge in [0, 0.05) is 31.9 Å². The van der Waals surface area contributed by atoms with Crippen LogP contribution in [0.1, 0.15) is 34.7 Å². The van der Waals surface area contributed by atoms with Gasteiger partial charge >= 0.3 is 0 Å². The SMILES string of the molecule is C[C@@H]1CN([C@@H](C)CO)C(=O)c2cccc(NC(=O)c3cnccn3)c2O[C@H]1CN(C)S(=O)(=O)c1ccc(F)cc1. The Morgan fingerprint density at radius 1 is 1.25 bits per heavy atom. The summed E-state index contributed by atoms with van der Waals surface area (Å²) in [5.41, 5.74) is 0.363. The van der Waals surface area contributed by atoms with E-state index >= 15 is 0 Å². The fourth-order valence-corrected chi connectivity index (χ4v) is 5.48. The lowest BCUT2D eigenvalue weighted by molar-refractivity contribution is 0.0388. The molecular formula is C27H30FN5O6S. The molecule has 13 heteroatoms. The van der Waals surface area contributed by atoms with E-state index in [4.69, 9.17) is 4.74 Å². The Hall–Kier alpha value is -3.94. The topological polar surface area (TPSA) is 142 Å². The Balaban J connectivity index is 1.72. The predicted molar refractivity (Wildman–Crippen MR) is 144 cm³/mol. The number of rotatable bonds is 8. The summed E-state index contributed by atoms with van der Waals surface area (Å²) in [4.78, 5) is 35.8. The van der Waals surface area contributed by atoms with Crippen LogP contribution in [0.4, 0.5) is 10.1 Å². The zero-order valence-corrected chi connectivity index (χ0v) is 23.0. The number of nitrogens with zero attached hydrogens (tertiary/aromatic N) is 4. The minimum Gasteiger partial charge on any atom is -0.486 e. The summed E-state index contributed by atoms with van der Waals surface area (Å²) in [7, 11) is -2.62. The normalized spacial score (nSPS) is 18.4. The van der Waals surface area contributed by atoms with Crippen molar-refractivity contribution in [1.82, 2.24) is 19.2 Å². The number of carbonyl (C=O) groups excluding carboxylic acids is 2. The molecule has 0 radical (unpaired) electrons. The van der Waals surface area contributed by atoms with Crippen molar-refractivity contribution in [2.45, 2.75) is 30.9 Å². The molecule has 0 unspecified atom stereocenters. The van der Waals surface area contributed by atoms with Gasteiger partial charge in [-0.15, -0.1) is 0 Å². The quantitative estimate of drug-likeness (QED) is 0.420. The van der Waals surface area contributed by atoms with Crippen LogP contribution in [0.25, 0.3) is 0 Å². The largest absolute Gasteiger partial charge is 0.486 e. The Morgan fingerprint density at radius 2 is 1.98 bits per heavy atom. The highest BCUT2D eigenvalue weighted by Crippen LogP contribution is 2.35. The van der Waals surface area contributed by atoms with Gasteiger partial charge in [-0.2, -0.15) is 4.31 Å². The van der Waals surface area contributed by atoms with Crippen LogP contribution >= 0.6 is 0 Å². The molecule has 0 saturated heterocycles. The van der Waals surface area contributed by atoms with E-state index < -0.39 is 45.7 Å². The number of hydrogen-bond donors (Lipinski definition) is 2. The second-order valence-electron chi connectivity index (χ2n) is 9.59. The highest BCUT2D eigenvalue weighted by atomic mass is 32.2. The average molecular weight is 572 g/mol. The number of carbonyl (C=O) groups is 2. The number of anilines is 1. The molecule has 40 heavy (non-hydrogen) atoms. The third-order valence-electron chi connectivity index (χ3n) is 6.69. The maximum atomic E-state index is 13.6. The maximum Gasteiger partial charge on any atom is 0.275 e. The third-order valence-corrected chi connectivity index (χ3v) is 8.53. The van der Waals surface area contributed by atoms with Crippen LogP contribution in [0.15, 0.2) is 66.0 Å². The van der Waals surface area contributed by atoms with Gasteiger partial charge in [-0.25, -0.2) is 17.8 Å². The molecule has 2 N–H and O–H groups in total. The number of hydrogen-bond acceptors (Lipinski definition) is 8. The molecule has 1 aliphatic rings. The van der Waals surface area contributed by atoms with E-state index in [9.17, 15) is 27.5 Å². The number of amides is 2. The molecule has 0 bridgehead atoms. The van der Waals surface area contributed by atoms with Gasteiger partial charge in [-0.05, 0) is 43.3 Å². The van der Waals surface area contributed by atoms with E-state index in [0.29, 0.717) is 0 Å². The lowest BCUT2D eigenvalue weighted by Crippen LogP contribution is -2.50. The second kappa shape index (κ2) is 12.1. The van der Waals surface area contributed by atoms with Crippen molar-refractivity contribution < 1.29 is 32.2 Å². The van der Waals surface area contributed by atoms with Gasteiger partial charge in [0.2, 0.25) is 10.0 Å². The van der Waals surface area contributed by atoms with E-state index in [1.54, 1.807) is 32.0 Å². The van der Waals surface area contributed by atoms with E-state index in [-0.39, 0.29) is 47.3 Å². The van der Waals surface area contributed by atoms with Crippen LogP contribution in [-0.4, -0.2) is 83.4 Å². The van der Waals surface area contributed by atoms with Crippen molar-refractivity contribution in [1.29, 1.82) is 0 Å². The molecule has 3 atom stereocenters. The number of halogens is 1. The zero-order valence-electron chi connectivity index (χ0n) is 22.2. The number of likely N-dealkylation sites (N-methyl/N-ethyl adjacent to an activating group) is 1. The lowest BCUT2D eigenvalue weighted by Gasteiger charge is -2.38. The van der Waals surface area contributed by atoms with E-state index in [1.807, 2.05) is 0 Å². The van der Waals surface area contributed by atoms with E-state index in [0.717, 1.165) is 16.4 Å². The first-order chi connectivity index (χ1) is 19.0. The van der Waals surface area contributed by atoms with Crippen LogP contribution in [0, 0.1) is 11.7 Å². The van der Waals surface area contributed by atoms with Crippen molar-refractivity contribution >= 4 is 27.5 Å². The number of fused-ring (bicyclic) bond motifs is 1. The summed E-state index contributed by atoms with van der Waals surface area (Å²) in [5.74, 6) is -1.90. The second-order valence-corrected chi connectivity index (χ2v) is 11.6. The number of aliphatic hydroxyl groups excluding tert-OH is 1. The highest BCUT2D eigenvalue weighted by molar-refractivity contribution is 7.89. The van der Waals surface area contributed by atoms with Gasteiger partial charge in [0.15, 0.2) is 5.75 Å². The molecule has 0 fully saturated rings. The van der Waals surface area contributed by atoms with Gasteiger partial charge < -0.3 is 20.1 Å². The molecule has 1 aromatic heterocycles. The maximum absolute atomic E-state index is 13.6. The molecule has 11 nitrogen and oxygen atoms in total. The number of benzene rings is 2. The number of sulfonamides is 1. The number of aliphatic hydroxyl groups is 1. The van der Waals surface area contributed by atoms with E-state index in [1.165, 1.54) is 42.7 Å². The van der Waals surface area contributed by atoms with Crippen LogP contribution in [0.3, 0.4) is 0 Å².